The Morgan fingerprint density at radius 2 is 1.61 bits per heavy atom. The summed E-state index contributed by atoms with van der Waals surface area (Å²) in [5.41, 5.74) is 9.03. The van der Waals surface area contributed by atoms with Gasteiger partial charge in [-0.05, 0) is 92.4 Å². The lowest BCUT2D eigenvalue weighted by Crippen LogP contribution is -2.14. The lowest BCUT2D eigenvalue weighted by atomic mass is 9.97. The molecule has 1 amide bonds. The summed E-state index contributed by atoms with van der Waals surface area (Å²) in [5, 5.41) is 3.08. The molecule has 0 aromatic heterocycles. The van der Waals surface area contributed by atoms with E-state index in [1.807, 2.05) is 12.1 Å². The quantitative estimate of drug-likeness (QED) is 0.553. The summed E-state index contributed by atoms with van der Waals surface area (Å²) in [6.45, 7) is 2.99. The second-order valence-electron chi connectivity index (χ2n) is 8.69. The van der Waals surface area contributed by atoms with Crippen LogP contribution in [-0.2, 0) is 17.8 Å². The standard InChI is InChI=1S/C28H30N2O/c1-20-7-11-23(12-8-20)24-14-13-22-5-4-6-25(18-26(22)17-24)28(31)29-27-15-9-21(10-16-27)19-30(2)3/h7-18H,4-6,19H2,1-3H3,(H,29,31). The van der Waals surface area contributed by atoms with Gasteiger partial charge in [-0.15, -0.1) is 0 Å². The van der Waals surface area contributed by atoms with Crippen LogP contribution in [0.5, 0.6) is 0 Å². The molecule has 0 bridgehead atoms. The van der Waals surface area contributed by atoms with Crippen molar-refractivity contribution in [3.63, 3.8) is 0 Å². The average molecular weight is 411 g/mol. The van der Waals surface area contributed by atoms with Gasteiger partial charge in [0, 0.05) is 17.8 Å². The maximum Gasteiger partial charge on any atom is 0.251 e. The molecule has 0 heterocycles. The monoisotopic (exact) mass is 410 g/mol. The maximum atomic E-state index is 13.0. The largest absolute Gasteiger partial charge is 0.322 e. The predicted octanol–water partition coefficient (Wildman–Crippen LogP) is 6.08. The molecule has 0 saturated heterocycles. The maximum absolute atomic E-state index is 13.0. The highest BCUT2D eigenvalue weighted by molar-refractivity contribution is 6.07. The lowest BCUT2D eigenvalue weighted by molar-refractivity contribution is -0.112. The number of rotatable bonds is 5. The van der Waals surface area contributed by atoms with Gasteiger partial charge in [-0.3, -0.25) is 4.79 Å². The first-order valence-corrected chi connectivity index (χ1v) is 10.9. The molecule has 0 radical (unpaired) electrons. The lowest BCUT2D eigenvalue weighted by Gasteiger charge is -2.11. The molecule has 3 aromatic carbocycles. The molecule has 1 N–H and O–H groups in total. The molecule has 0 atom stereocenters. The van der Waals surface area contributed by atoms with Crippen LogP contribution < -0.4 is 5.32 Å². The average Bonchev–Trinajstić information content (AvgIpc) is 2.97. The Kier molecular flexibility index (Phi) is 6.34. The third-order valence-corrected chi connectivity index (χ3v) is 5.75. The van der Waals surface area contributed by atoms with Gasteiger partial charge in [0.2, 0.25) is 0 Å². The summed E-state index contributed by atoms with van der Waals surface area (Å²) in [5.74, 6) is -0.00560. The van der Waals surface area contributed by atoms with E-state index < -0.39 is 0 Å². The number of hydrogen-bond donors (Lipinski definition) is 1. The molecule has 1 aliphatic carbocycles. The summed E-state index contributed by atoms with van der Waals surface area (Å²) in [7, 11) is 4.10. The van der Waals surface area contributed by atoms with Crippen LogP contribution in [0.4, 0.5) is 5.69 Å². The molecule has 3 heteroatoms. The van der Waals surface area contributed by atoms with E-state index in [-0.39, 0.29) is 5.91 Å². The van der Waals surface area contributed by atoms with Gasteiger partial charge in [0.25, 0.3) is 5.91 Å². The van der Waals surface area contributed by atoms with Crippen molar-refractivity contribution in [2.45, 2.75) is 32.7 Å². The Hall–Kier alpha value is -3.17. The number of amides is 1. The number of benzene rings is 3. The molecule has 0 saturated carbocycles. The van der Waals surface area contributed by atoms with Crippen molar-refractivity contribution >= 4 is 17.7 Å². The Bertz CT molecular complexity index is 1090. The van der Waals surface area contributed by atoms with Crippen LogP contribution in [0, 0.1) is 6.92 Å². The molecule has 4 rings (SSSR count). The van der Waals surface area contributed by atoms with Gasteiger partial charge in [0.05, 0.1) is 0 Å². The minimum absolute atomic E-state index is 0.00560. The van der Waals surface area contributed by atoms with Gasteiger partial charge in [0.15, 0.2) is 0 Å². The number of fused-ring (bicyclic) bond motifs is 1. The molecular formula is C28H30N2O. The number of nitrogens with zero attached hydrogens (tertiary/aromatic N) is 1. The molecule has 3 aromatic rings. The summed E-state index contributed by atoms with van der Waals surface area (Å²) >= 11 is 0. The summed E-state index contributed by atoms with van der Waals surface area (Å²) in [6, 6.07) is 23.3. The fourth-order valence-corrected chi connectivity index (χ4v) is 4.06. The SMILES string of the molecule is Cc1ccc(-c2ccc3c(c2)C=C(C(=O)Nc2ccc(CN(C)C)cc2)CCC3)cc1. The van der Waals surface area contributed by atoms with Crippen molar-refractivity contribution in [3.8, 4) is 11.1 Å². The minimum atomic E-state index is -0.00560. The normalized spacial score (nSPS) is 13.4. The van der Waals surface area contributed by atoms with E-state index in [0.29, 0.717) is 0 Å². The van der Waals surface area contributed by atoms with Crippen molar-refractivity contribution in [2.24, 2.45) is 0 Å². The van der Waals surface area contributed by atoms with E-state index in [1.165, 1.54) is 27.8 Å². The van der Waals surface area contributed by atoms with Crippen LogP contribution in [0.2, 0.25) is 0 Å². The van der Waals surface area contributed by atoms with Crippen LogP contribution in [0.1, 0.15) is 35.1 Å². The third kappa shape index (κ3) is 5.31. The van der Waals surface area contributed by atoms with Gasteiger partial charge in [-0.1, -0.05) is 54.1 Å². The predicted molar refractivity (Wildman–Crippen MR) is 130 cm³/mol. The molecule has 3 nitrogen and oxygen atoms in total. The molecule has 1 aliphatic rings. The van der Waals surface area contributed by atoms with Crippen LogP contribution in [0.25, 0.3) is 17.2 Å². The zero-order valence-corrected chi connectivity index (χ0v) is 18.6. The second kappa shape index (κ2) is 9.32. The summed E-state index contributed by atoms with van der Waals surface area (Å²) < 4.78 is 0. The minimum Gasteiger partial charge on any atom is -0.322 e. The smallest absolute Gasteiger partial charge is 0.251 e. The highest BCUT2D eigenvalue weighted by Crippen LogP contribution is 2.29. The topological polar surface area (TPSA) is 32.3 Å². The number of hydrogen-bond acceptors (Lipinski definition) is 2. The molecule has 0 unspecified atom stereocenters. The summed E-state index contributed by atoms with van der Waals surface area (Å²) in [4.78, 5) is 15.1. The van der Waals surface area contributed by atoms with Gasteiger partial charge in [-0.25, -0.2) is 0 Å². The third-order valence-electron chi connectivity index (χ3n) is 5.75. The molecular weight excluding hydrogens is 380 g/mol. The van der Waals surface area contributed by atoms with E-state index in [1.54, 1.807) is 0 Å². The van der Waals surface area contributed by atoms with Crippen LogP contribution in [-0.4, -0.2) is 24.9 Å². The molecule has 31 heavy (non-hydrogen) atoms. The van der Waals surface area contributed by atoms with Crippen molar-refractivity contribution in [1.29, 1.82) is 0 Å². The fourth-order valence-electron chi connectivity index (χ4n) is 4.06. The van der Waals surface area contributed by atoms with Crippen LogP contribution in [0.3, 0.4) is 0 Å². The van der Waals surface area contributed by atoms with Gasteiger partial charge >= 0.3 is 0 Å². The Labute approximate surface area is 185 Å². The number of aryl methyl sites for hydroxylation is 2. The first-order chi connectivity index (χ1) is 15.0. The summed E-state index contributed by atoms with van der Waals surface area (Å²) in [6.07, 6.45) is 4.85. The van der Waals surface area contributed by atoms with E-state index in [9.17, 15) is 4.79 Å². The first kappa shape index (κ1) is 21.1. The number of carbonyl (C=O) groups is 1. The van der Waals surface area contributed by atoms with Gasteiger partial charge in [-0.2, -0.15) is 0 Å². The highest BCUT2D eigenvalue weighted by Gasteiger charge is 2.15. The van der Waals surface area contributed by atoms with Crippen LogP contribution in [0.15, 0.2) is 72.3 Å². The zero-order valence-electron chi connectivity index (χ0n) is 18.6. The van der Waals surface area contributed by atoms with E-state index in [2.05, 4.69) is 91.9 Å². The van der Waals surface area contributed by atoms with Gasteiger partial charge < -0.3 is 10.2 Å². The molecule has 0 fully saturated rings. The zero-order chi connectivity index (χ0) is 21.8. The molecule has 0 aliphatic heterocycles. The number of nitrogens with one attached hydrogen (secondary N) is 1. The highest BCUT2D eigenvalue weighted by atomic mass is 16.1. The molecule has 158 valence electrons. The molecule has 0 spiro atoms. The van der Waals surface area contributed by atoms with Crippen molar-refractivity contribution in [3.05, 3.63) is 94.6 Å². The number of anilines is 1. The van der Waals surface area contributed by atoms with Crippen molar-refractivity contribution < 1.29 is 4.79 Å². The van der Waals surface area contributed by atoms with Crippen molar-refractivity contribution in [2.75, 3.05) is 19.4 Å². The Morgan fingerprint density at radius 1 is 0.903 bits per heavy atom. The van der Waals surface area contributed by atoms with Crippen molar-refractivity contribution in [1.82, 2.24) is 4.90 Å². The first-order valence-electron chi connectivity index (χ1n) is 10.9. The Morgan fingerprint density at radius 3 is 2.32 bits per heavy atom. The second-order valence-corrected chi connectivity index (χ2v) is 8.69. The van der Waals surface area contributed by atoms with E-state index in [4.69, 9.17) is 0 Å². The van der Waals surface area contributed by atoms with E-state index >= 15 is 0 Å². The fraction of sp³-hybridized carbons (Fsp3) is 0.250. The van der Waals surface area contributed by atoms with E-state index in [0.717, 1.165) is 42.6 Å². The van der Waals surface area contributed by atoms with Crippen LogP contribution >= 0.6 is 0 Å². The van der Waals surface area contributed by atoms with Gasteiger partial charge in [0.1, 0.15) is 0 Å². The number of carbonyl (C=O) groups excluding carboxylic acids is 1. The Balaban J connectivity index is 1.54.